The minimum absolute atomic E-state index is 0.907. The van der Waals surface area contributed by atoms with E-state index >= 15 is 0 Å². The largest absolute Gasteiger partial charge is 0.115 e. The molecule has 0 bridgehead atoms. The second kappa shape index (κ2) is 3.55. The van der Waals surface area contributed by atoms with Crippen LogP contribution in [-0.4, -0.2) is 0 Å². The summed E-state index contributed by atoms with van der Waals surface area (Å²) in [6.45, 7) is 0. The van der Waals surface area contributed by atoms with E-state index in [1.807, 2.05) is 24.3 Å². The fourth-order valence-corrected chi connectivity index (χ4v) is 2.20. The molecule has 1 aliphatic rings. The highest BCUT2D eigenvalue weighted by atomic mass is 14.2. The molecule has 3 rings (SSSR count). The van der Waals surface area contributed by atoms with Gasteiger partial charge in [0.25, 0.3) is 0 Å². The highest BCUT2D eigenvalue weighted by Gasteiger charge is 2.18. The molecule has 2 aromatic carbocycles. The summed E-state index contributed by atoms with van der Waals surface area (Å²) in [6.07, 6.45) is 12.9. The van der Waals surface area contributed by atoms with E-state index < -0.39 is 0 Å². The predicted molar refractivity (Wildman–Crippen MR) is 70.3 cm³/mol. The fraction of sp³-hybridized carbons (Fsp3) is 0. The van der Waals surface area contributed by atoms with E-state index in [1.54, 1.807) is 0 Å². The van der Waals surface area contributed by atoms with Gasteiger partial charge >= 0.3 is 0 Å². The molecule has 77 valence electrons. The van der Waals surface area contributed by atoms with E-state index in [4.69, 9.17) is 12.8 Å². The summed E-state index contributed by atoms with van der Waals surface area (Å²) < 4.78 is 0. The van der Waals surface area contributed by atoms with Crippen LogP contribution in [0.25, 0.3) is 11.1 Å². The molecule has 0 atom stereocenters. The van der Waals surface area contributed by atoms with Gasteiger partial charge in [-0.05, 0) is 46.5 Å². The van der Waals surface area contributed by atoms with E-state index in [-0.39, 0.29) is 0 Å². The van der Waals surface area contributed by atoms with Crippen LogP contribution in [0.4, 0.5) is 0 Å². The third kappa shape index (κ3) is 1.43. The first-order chi connectivity index (χ1) is 8.31. The lowest BCUT2D eigenvalue weighted by atomic mass is 10.0. The zero-order valence-corrected chi connectivity index (χ0v) is 9.20. The average Bonchev–Trinajstić information content (AvgIpc) is 2.74. The molecule has 0 aromatic heterocycles. The van der Waals surface area contributed by atoms with Crippen molar-refractivity contribution in [1.82, 2.24) is 0 Å². The van der Waals surface area contributed by atoms with Crippen molar-refractivity contribution in [1.29, 1.82) is 0 Å². The van der Waals surface area contributed by atoms with Crippen molar-refractivity contribution in [2.75, 3.05) is 0 Å². The Hall–Kier alpha value is -2.44. The van der Waals surface area contributed by atoms with Gasteiger partial charge in [-0.3, -0.25) is 0 Å². The molecular weight excluding hydrogens is 204 g/mol. The predicted octanol–water partition coefficient (Wildman–Crippen LogP) is 3.23. The van der Waals surface area contributed by atoms with Crippen LogP contribution in [0.15, 0.2) is 36.4 Å². The van der Waals surface area contributed by atoms with Crippen molar-refractivity contribution < 1.29 is 0 Å². The lowest BCUT2D eigenvalue weighted by Gasteiger charge is -2.01. The number of benzene rings is 2. The quantitative estimate of drug-likeness (QED) is 0.503. The Morgan fingerprint density at radius 3 is 1.59 bits per heavy atom. The first-order valence-electron chi connectivity index (χ1n) is 5.38. The molecular formula is C17H9. The zero-order valence-electron chi connectivity index (χ0n) is 9.20. The molecule has 0 N–H and O–H groups in total. The topological polar surface area (TPSA) is 0 Å². The molecule has 0 amide bonds. The Morgan fingerprint density at radius 1 is 0.706 bits per heavy atom. The smallest absolute Gasteiger partial charge is 0.0245 e. The van der Waals surface area contributed by atoms with Crippen LogP contribution in [0.2, 0.25) is 0 Å². The van der Waals surface area contributed by atoms with Crippen molar-refractivity contribution in [3.63, 3.8) is 0 Å². The molecule has 0 unspecified atom stereocenters. The van der Waals surface area contributed by atoms with Crippen molar-refractivity contribution >= 4 is 0 Å². The Labute approximate surface area is 101 Å². The van der Waals surface area contributed by atoms with Gasteiger partial charge in [-0.1, -0.05) is 24.0 Å². The summed E-state index contributed by atoms with van der Waals surface area (Å²) in [5, 5.41) is 0. The van der Waals surface area contributed by atoms with Gasteiger partial charge in [0.05, 0.1) is 0 Å². The lowest BCUT2D eigenvalue weighted by Crippen LogP contribution is -1.80. The van der Waals surface area contributed by atoms with Gasteiger partial charge in [0.2, 0.25) is 0 Å². The maximum absolute atomic E-state index is 5.40. The summed E-state index contributed by atoms with van der Waals surface area (Å²) in [4.78, 5) is 0. The van der Waals surface area contributed by atoms with E-state index in [1.165, 1.54) is 22.3 Å². The monoisotopic (exact) mass is 213 g/mol. The van der Waals surface area contributed by atoms with Crippen LogP contribution in [0.5, 0.6) is 0 Å². The van der Waals surface area contributed by atoms with E-state index in [0.717, 1.165) is 11.1 Å². The van der Waals surface area contributed by atoms with Crippen LogP contribution in [0.1, 0.15) is 22.3 Å². The van der Waals surface area contributed by atoms with E-state index in [0.29, 0.717) is 0 Å². The summed E-state index contributed by atoms with van der Waals surface area (Å²) in [5.41, 5.74) is 6.61. The average molecular weight is 213 g/mol. The Morgan fingerprint density at radius 2 is 1.18 bits per heavy atom. The summed E-state index contributed by atoms with van der Waals surface area (Å²) >= 11 is 0. The molecule has 0 aliphatic heterocycles. The SMILES string of the molecule is C#Cc1ccc2c(c1)[CH]c1cc(C#C)ccc1-2. The zero-order chi connectivity index (χ0) is 11.8. The van der Waals surface area contributed by atoms with Crippen molar-refractivity contribution in [2.24, 2.45) is 0 Å². The second-order valence-electron chi connectivity index (χ2n) is 4.04. The third-order valence-corrected chi connectivity index (χ3v) is 3.04. The Bertz CT molecular complexity index is 629. The molecule has 0 spiro atoms. The second-order valence-corrected chi connectivity index (χ2v) is 4.04. The first kappa shape index (κ1) is 9.76. The molecule has 1 radical (unpaired) electrons. The number of fused-ring (bicyclic) bond motifs is 3. The molecule has 0 fully saturated rings. The van der Waals surface area contributed by atoms with Crippen molar-refractivity contribution in [3.05, 3.63) is 65.1 Å². The van der Waals surface area contributed by atoms with Gasteiger partial charge in [-0.25, -0.2) is 0 Å². The normalized spacial score (nSPS) is 11.2. The van der Waals surface area contributed by atoms with Gasteiger partial charge in [0.1, 0.15) is 0 Å². The van der Waals surface area contributed by atoms with E-state index in [9.17, 15) is 0 Å². The highest BCUT2D eigenvalue weighted by molar-refractivity contribution is 5.82. The van der Waals surface area contributed by atoms with Crippen LogP contribution >= 0.6 is 0 Å². The standard InChI is InChI=1S/C17H9/c1-3-12-5-7-16-14(9-12)11-15-10-13(4-2)6-8-17(15)16/h1-2,5-11H. The number of hydrogen-bond acceptors (Lipinski definition) is 0. The maximum Gasteiger partial charge on any atom is 0.0245 e. The molecule has 0 saturated carbocycles. The number of rotatable bonds is 0. The van der Waals surface area contributed by atoms with Gasteiger partial charge in [0, 0.05) is 17.5 Å². The number of hydrogen-bond donors (Lipinski definition) is 0. The minimum Gasteiger partial charge on any atom is -0.115 e. The fourth-order valence-electron chi connectivity index (χ4n) is 2.20. The molecule has 0 heterocycles. The van der Waals surface area contributed by atoms with Crippen molar-refractivity contribution in [2.45, 2.75) is 0 Å². The van der Waals surface area contributed by atoms with Crippen molar-refractivity contribution in [3.8, 4) is 35.8 Å². The summed E-state index contributed by atoms with van der Waals surface area (Å²) in [5.74, 6) is 5.31. The minimum atomic E-state index is 0.907. The third-order valence-electron chi connectivity index (χ3n) is 3.04. The number of terminal acetylenes is 2. The first-order valence-corrected chi connectivity index (χ1v) is 5.38. The molecule has 0 nitrogen and oxygen atoms in total. The highest BCUT2D eigenvalue weighted by Crippen LogP contribution is 2.38. The van der Waals surface area contributed by atoms with Gasteiger partial charge in [-0.15, -0.1) is 12.8 Å². The Kier molecular flexibility index (Phi) is 2.04. The van der Waals surface area contributed by atoms with Crippen LogP contribution in [-0.2, 0) is 0 Å². The van der Waals surface area contributed by atoms with Gasteiger partial charge in [-0.2, -0.15) is 0 Å². The summed E-state index contributed by atoms with van der Waals surface area (Å²) in [6, 6.07) is 12.1. The molecule has 0 heteroatoms. The lowest BCUT2D eigenvalue weighted by molar-refractivity contribution is 1.52. The molecule has 2 aromatic rings. The van der Waals surface area contributed by atoms with Gasteiger partial charge < -0.3 is 0 Å². The molecule has 17 heavy (non-hydrogen) atoms. The maximum atomic E-state index is 5.40. The molecule has 1 aliphatic carbocycles. The molecule has 0 saturated heterocycles. The summed E-state index contributed by atoms with van der Waals surface area (Å²) in [7, 11) is 0. The van der Waals surface area contributed by atoms with Gasteiger partial charge in [0.15, 0.2) is 0 Å². The Balaban J connectivity index is 2.18. The van der Waals surface area contributed by atoms with Crippen LogP contribution in [0, 0.1) is 31.1 Å². The van der Waals surface area contributed by atoms with Crippen LogP contribution < -0.4 is 0 Å². The van der Waals surface area contributed by atoms with E-state index in [2.05, 4.69) is 30.4 Å². The van der Waals surface area contributed by atoms with Crippen LogP contribution in [0.3, 0.4) is 0 Å².